The van der Waals surface area contributed by atoms with Gasteiger partial charge in [-0.05, 0) is 20.0 Å². The number of nitrogens with zero attached hydrogens (tertiary/aromatic N) is 1. The normalized spacial score (nSPS) is 12.7. The van der Waals surface area contributed by atoms with E-state index in [2.05, 4.69) is 18.7 Å². The molecule has 0 aliphatic carbocycles. The molecular formula is C23H49NO8. The zero-order chi connectivity index (χ0) is 23.5. The monoisotopic (exact) mass is 467 g/mol. The topological polar surface area (TPSA) is 77.1 Å². The molecule has 1 unspecified atom stereocenters. The van der Waals surface area contributed by atoms with Gasteiger partial charge in [-0.2, -0.15) is 0 Å². The summed E-state index contributed by atoms with van der Waals surface area (Å²) in [6, 6.07) is 0. The summed E-state index contributed by atoms with van der Waals surface area (Å²) in [7, 11) is 4.05. The zero-order valence-electron chi connectivity index (χ0n) is 21.0. The van der Waals surface area contributed by atoms with E-state index in [1.807, 2.05) is 14.1 Å². The van der Waals surface area contributed by atoms with Crippen LogP contribution in [0.1, 0.15) is 20.3 Å². The van der Waals surface area contributed by atoms with Gasteiger partial charge in [0, 0.05) is 13.2 Å². The van der Waals surface area contributed by atoms with Crippen LogP contribution in [-0.4, -0.2) is 131 Å². The summed E-state index contributed by atoms with van der Waals surface area (Å²) >= 11 is 0. The minimum absolute atomic E-state index is 0.546. The van der Waals surface area contributed by atoms with E-state index in [0.717, 1.165) is 26.2 Å². The van der Waals surface area contributed by atoms with Crippen LogP contribution >= 0.6 is 0 Å². The fourth-order valence-corrected chi connectivity index (χ4v) is 2.19. The third kappa shape index (κ3) is 27.7. The van der Waals surface area contributed by atoms with Crippen LogP contribution in [0.4, 0.5) is 0 Å². The fourth-order valence-electron chi connectivity index (χ4n) is 2.19. The second kappa shape index (κ2) is 26.9. The maximum Gasteiger partial charge on any atom is 0.0701 e. The number of likely N-dealkylation sites (N-methyl/N-ethyl adjacent to an activating group) is 1. The Labute approximate surface area is 195 Å². The van der Waals surface area contributed by atoms with Crippen molar-refractivity contribution < 1.29 is 37.9 Å². The highest BCUT2D eigenvalue weighted by molar-refractivity contribution is 4.46. The van der Waals surface area contributed by atoms with Gasteiger partial charge in [0.2, 0.25) is 0 Å². The number of ether oxygens (including phenoxy) is 8. The maximum absolute atomic E-state index is 5.52. The highest BCUT2D eigenvalue weighted by Gasteiger charge is 1.98. The van der Waals surface area contributed by atoms with Crippen LogP contribution in [0, 0.1) is 5.92 Å². The molecule has 0 aromatic carbocycles. The molecule has 0 spiro atoms. The summed E-state index contributed by atoms with van der Waals surface area (Å²) in [5, 5.41) is 0. The van der Waals surface area contributed by atoms with Crippen LogP contribution in [0.2, 0.25) is 0 Å². The lowest BCUT2D eigenvalue weighted by atomic mass is 10.1. The van der Waals surface area contributed by atoms with E-state index in [0.29, 0.717) is 98.4 Å². The lowest BCUT2D eigenvalue weighted by Crippen LogP contribution is -2.19. The predicted molar refractivity (Wildman–Crippen MR) is 125 cm³/mol. The number of hydrogen-bond donors (Lipinski definition) is 0. The van der Waals surface area contributed by atoms with Crippen molar-refractivity contribution in [1.29, 1.82) is 0 Å². The zero-order valence-corrected chi connectivity index (χ0v) is 21.0. The largest absolute Gasteiger partial charge is 0.379 e. The van der Waals surface area contributed by atoms with Gasteiger partial charge in [0.25, 0.3) is 0 Å². The van der Waals surface area contributed by atoms with Gasteiger partial charge in [-0.15, -0.1) is 0 Å². The van der Waals surface area contributed by atoms with Crippen molar-refractivity contribution in [3.63, 3.8) is 0 Å². The van der Waals surface area contributed by atoms with Crippen molar-refractivity contribution in [3.05, 3.63) is 0 Å². The maximum atomic E-state index is 5.52. The molecule has 0 rings (SSSR count). The summed E-state index contributed by atoms with van der Waals surface area (Å²) in [5.74, 6) is 0.608. The van der Waals surface area contributed by atoms with Crippen molar-refractivity contribution in [1.82, 2.24) is 4.90 Å². The van der Waals surface area contributed by atoms with E-state index in [1.165, 1.54) is 0 Å². The molecule has 0 amide bonds. The van der Waals surface area contributed by atoms with Crippen LogP contribution in [0.3, 0.4) is 0 Å². The molecule has 0 radical (unpaired) electrons. The first-order chi connectivity index (χ1) is 15.7. The molecule has 0 saturated heterocycles. The summed E-state index contributed by atoms with van der Waals surface area (Å²) in [5.41, 5.74) is 0. The highest BCUT2D eigenvalue weighted by atomic mass is 16.6. The summed E-state index contributed by atoms with van der Waals surface area (Å²) in [4.78, 5) is 2.09. The Morgan fingerprint density at radius 1 is 0.469 bits per heavy atom. The van der Waals surface area contributed by atoms with Crippen molar-refractivity contribution in [2.75, 3.05) is 126 Å². The molecule has 0 heterocycles. The Balaban J connectivity index is 3.02. The van der Waals surface area contributed by atoms with Crippen molar-refractivity contribution >= 4 is 0 Å². The molecule has 1 atom stereocenters. The predicted octanol–water partition coefficient (Wildman–Crippen LogP) is 1.73. The summed E-state index contributed by atoms with van der Waals surface area (Å²) < 4.78 is 43.6. The average molecular weight is 468 g/mol. The lowest BCUT2D eigenvalue weighted by molar-refractivity contribution is -0.0240. The fraction of sp³-hybridized carbons (Fsp3) is 1.00. The van der Waals surface area contributed by atoms with Crippen LogP contribution in [0.25, 0.3) is 0 Å². The lowest BCUT2D eigenvalue weighted by Gasteiger charge is -2.10. The van der Waals surface area contributed by atoms with Gasteiger partial charge in [0.1, 0.15) is 0 Å². The molecule has 0 bridgehead atoms. The molecule has 0 aromatic heterocycles. The molecule has 32 heavy (non-hydrogen) atoms. The Morgan fingerprint density at radius 3 is 1.03 bits per heavy atom. The van der Waals surface area contributed by atoms with Gasteiger partial charge in [-0.25, -0.2) is 0 Å². The Kier molecular flexibility index (Phi) is 26.6. The Bertz CT molecular complexity index is 350. The molecule has 9 nitrogen and oxygen atoms in total. The van der Waals surface area contributed by atoms with Gasteiger partial charge < -0.3 is 42.8 Å². The minimum atomic E-state index is 0.546. The van der Waals surface area contributed by atoms with E-state index in [1.54, 1.807) is 0 Å². The second-order valence-corrected chi connectivity index (χ2v) is 7.68. The summed E-state index contributed by atoms with van der Waals surface area (Å²) in [6.07, 6.45) is 1.14. The van der Waals surface area contributed by atoms with Crippen LogP contribution < -0.4 is 0 Å². The first kappa shape index (κ1) is 31.6. The van der Waals surface area contributed by atoms with Crippen molar-refractivity contribution in [3.8, 4) is 0 Å². The molecule has 0 aliphatic heterocycles. The Hall–Kier alpha value is -0.360. The van der Waals surface area contributed by atoms with Crippen LogP contribution in [0.5, 0.6) is 0 Å². The van der Waals surface area contributed by atoms with Crippen molar-refractivity contribution in [2.45, 2.75) is 20.3 Å². The Morgan fingerprint density at radius 2 is 0.750 bits per heavy atom. The van der Waals surface area contributed by atoms with Gasteiger partial charge in [0.15, 0.2) is 0 Å². The van der Waals surface area contributed by atoms with Crippen molar-refractivity contribution in [2.24, 2.45) is 5.92 Å². The smallest absolute Gasteiger partial charge is 0.0701 e. The molecule has 9 heteroatoms. The molecule has 0 saturated carbocycles. The number of rotatable bonds is 27. The third-order valence-corrected chi connectivity index (χ3v) is 4.39. The quantitative estimate of drug-likeness (QED) is 0.168. The van der Waals surface area contributed by atoms with E-state index in [4.69, 9.17) is 37.9 Å². The van der Waals surface area contributed by atoms with Crippen LogP contribution in [-0.2, 0) is 37.9 Å². The third-order valence-electron chi connectivity index (χ3n) is 4.39. The van der Waals surface area contributed by atoms with E-state index < -0.39 is 0 Å². The van der Waals surface area contributed by atoms with Crippen LogP contribution in [0.15, 0.2) is 0 Å². The van der Waals surface area contributed by atoms with Gasteiger partial charge in [-0.3, -0.25) is 0 Å². The van der Waals surface area contributed by atoms with E-state index in [-0.39, 0.29) is 0 Å². The van der Waals surface area contributed by atoms with Gasteiger partial charge >= 0.3 is 0 Å². The molecule has 0 aromatic rings. The van der Waals surface area contributed by atoms with Gasteiger partial charge in [-0.1, -0.05) is 20.3 Å². The molecule has 0 fully saturated rings. The summed E-state index contributed by atoms with van der Waals surface area (Å²) in [6.45, 7) is 14.8. The molecule has 0 aliphatic rings. The first-order valence-corrected chi connectivity index (χ1v) is 11.9. The van der Waals surface area contributed by atoms with E-state index in [9.17, 15) is 0 Å². The SMILES string of the molecule is CCC(C)COCCOCCOCCOCCOCCOCCOCCOCCN(C)C. The highest BCUT2D eigenvalue weighted by Crippen LogP contribution is 1.99. The second-order valence-electron chi connectivity index (χ2n) is 7.68. The molecular weight excluding hydrogens is 418 g/mol. The first-order valence-electron chi connectivity index (χ1n) is 11.9. The average Bonchev–Trinajstić information content (AvgIpc) is 2.78. The standard InChI is InChI=1S/C23H49NO8/c1-5-23(2)22-32-21-20-31-19-18-30-17-16-29-15-14-28-13-12-27-11-10-26-9-8-25-7-6-24(3)4/h23H,5-22H2,1-4H3. The van der Waals surface area contributed by atoms with Gasteiger partial charge in [0.05, 0.1) is 99.1 Å². The minimum Gasteiger partial charge on any atom is -0.379 e. The van der Waals surface area contributed by atoms with E-state index >= 15 is 0 Å². The number of hydrogen-bond acceptors (Lipinski definition) is 9. The molecule has 0 N–H and O–H groups in total. The molecule has 194 valence electrons.